The zero-order valence-corrected chi connectivity index (χ0v) is 13.6. The van der Waals surface area contributed by atoms with Gasteiger partial charge in [0.25, 0.3) is 5.56 Å². The Bertz CT molecular complexity index is 830. The molecule has 1 atom stereocenters. The second-order valence-corrected chi connectivity index (χ2v) is 6.02. The maximum absolute atomic E-state index is 12.6. The normalized spacial score (nSPS) is 16.7. The fourth-order valence-electron chi connectivity index (χ4n) is 2.51. The van der Waals surface area contributed by atoms with Crippen molar-refractivity contribution in [1.82, 2.24) is 4.57 Å². The molecule has 0 fully saturated rings. The zero-order chi connectivity index (χ0) is 15.3. The molecule has 1 aromatic carbocycles. The van der Waals surface area contributed by atoms with Crippen molar-refractivity contribution in [2.45, 2.75) is 13.0 Å². The molecule has 0 bridgehead atoms. The largest absolute Gasteiger partial charge is 0.488 e. The number of halogens is 2. The quantitative estimate of drug-likeness (QED) is 0.722. The van der Waals surface area contributed by atoms with Gasteiger partial charge in [0.05, 0.1) is 28.2 Å². The third-order valence-electron chi connectivity index (χ3n) is 3.48. The van der Waals surface area contributed by atoms with Crippen LogP contribution in [0.15, 0.2) is 21.4 Å². The van der Waals surface area contributed by atoms with E-state index in [-0.39, 0.29) is 17.2 Å². The van der Waals surface area contributed by atoms with Crippen molar-refractivity contribution >= 4 is 44.4 Å². The summed E-state index contributed by atoms with van der Waals surface area (Å²) in [4.78, 5) is 24.4. The maximum Gasteiger partial charge on any atom is 0.343 e. The summed E-state index contributed by atoms with van der Waals surface area (Å²) in [5, 5.41) is 1.11. The molecule has 1 aliphatic rings. The summed E-state index contributed by atoms with van der Waals surface area (Å²) < 4.78 is 12.5. The topological polar surface area (TPSA) is 57.5 Å². The Hall–Kier alpha value is -1.53. The Morgan fingerprint density at radius 3 is 2.90 bits per heavy atom. The Morgan fingerprint density at radius 1 is 1.52 bits per heavy atom. The maximum atomic E-state index is 12.6. The molecule has 0 amide bonds. The summed E-state index contributed by atoms with van der Waals surface area (Å²) in [5.41, 5.74) is 0.228. The predicted octanol–water partition coefficient (Wildman–Crippen LogP) is 3.16. The fourth-order valence-corrected chi connectivity index (χ4v) is 3.13. The highest BCUT2D eigenvalue weighted by Gasteiger charge is 2.27. The van der Waals surface area contributed by atoms with Crippen LogP contribution in [0.2, 0.25) is 5.02 Å². The molecule has 5 nitrogen and oxygen atoms in total. The molecule has 0 aliphatic carbocycles. The number of methoxy groups -OCH3 is 1. The lowest BCUT2D eigenvalue weighted by molar-refractivity contribution is 0.0597. The minimum Gasteiger partial charge on any atom is -0.488 e. The first-order valence-electron chi connectivity index (χ1n) is 6.24. The monoisotopic (exact) mass is 371 g/mol. The number of hydrogen-bond donors (Lipinski definition) is 0. The van der Waals surface area contributed by atoms with Crippen LogP contribution in [0.4, 0.5) is 0 Å². The first-order valence-corrected chi connectivity index (χ1v) is 7.41. The number of ether oxygens (including phenoxy) is 2. The molecule has 21 heavy (non-hydrogen) atoms. The molecular formula is C14H11BrClNO4. The molecule has 1 aliphatic heterocycles. The van der Waals surface area contributed by atoms with Gasteiger partial charge >= 0.3 is 5.97 Å². The summed E-state index contributed by atoms with van der Waals surface area (Å²) in [6.45, 7) is 2.18. The molecular weight excluding hydrogens is 362 g/mol. The highest BCUT2D eigenvalue weighted by molar-refractivity contribution is 9.10. The van der Waals surface area contributed by atoms with Crippen molar-refractivity contribution < 1.29 is 14.3 Å². The number of rotatable bonds is 1. The minimum atomic E-state index is -0.662. The van der Waals surface area contributed by atoms with Crippen LogP contribution in [0.5, 0.6) is 5.75 Å². The van der Waals surface area contributed by atoms with E-state index in [1.54, 1.807) is 10.6 Å². The summed E-state index contributed by atoms with van der Waals surface area (Å²) in [5.74, 6) is -0.144. The van der Waals surface area contributed by atoms with Gasteiger partial charge in [-0.3, -0.25) is 9.36 Å². The Balaban J connectivity index is 2.51. The van der Waals surface area contributed by atoms with E-state index in [1.807, 2.05) is 6.92 Å². The van der Waals surface area contributed by atoms with Crippen LogP contribution in [0.1, 0.15) is 23.3 Å². The second-order valence-electron chi connectivity index (χ2n) is 4.82. The molecule has 0 saturated heterocycles. The molecule has 3 rings (SSSR count). The van der Waals surface area contributed by atoms with Gasteiger partial charge < -0.3 is 9.47 Å². The summed E-state index contributed by atoms with van der Waals surface area (Å²) in [6.07, 6.45) is 0. The van der Waals surface area contributed by atoms with Crippen molar-refractivity contribution in [1.29, 1.82) is 0 Å². The van der Waals surface area contributed by atoms with E-state index in [4.69, 9.17) is 16.3 Å². The van der Waals surface area contributed by atoms with Crippen LogP contribution in [0.3, 0.4) is 0 Å². The lowest BCUT2D eigenvalue weighted by Gasteiger charge is -2.27. The Morgan fingerprint density at radius 2 is 2.24 bits per heavy atom. The van der Waals surface area contributed by atoms with Gasteiger partial charge in [-0.05, 0) is 35.0 Å². The summed E-state index contributed by atoms with van der Waals surface area (Å²) in [7, 11) is 1.24. The van der Waals surface area contributed by atoms with Gasteiger partial charge in [-0.1, -0.05) is 11.6 Å². The van der Waals surface area contributed by atoms with Gasteiger partial charge in [-0.15, -0.1) is 0 Å². The molecule has 0 radical (unpaired) electrons. The fraction of sp³-hybridized carbons (Fsp3) is 0.286. The van der Waals surface area contributed by atoms with Crippen LogP contribution >= 0.6 is 27.5 Å². The third kappa shape index (κ3) is 2.05. The first kappa shape index (κ1) is 14.4. The van der Waals surface area contributed by atoms with Crippen molar-refractivity contribution in [3.63, 3.8) is 0 Å². The SMILES string of the molecule is COC(=O)c1cc2cc(Cl)c(Br)c3c2n(c1=O)[C@@H](C)CO3. The van der Waals surface area contributed by atoms with E-state index < -0.39 is 5.97 Å². The van der Waals surface area contributed by atoms with Crippen molar-refractivity contribution in [2.75, 3.05) is 13.7 Å². The number of carbonyl (C=O) groups excluding carboxylic acids is 1. The molecule has 0 N–H and O–H groups in total. The minimum absolute atomic E-state index is 0.0110. The van der Waals surface area contributed by atoms with Crippen LogP contribution in [-0.2, 0) is 4.74 Å². The van der Waals surface area contributed by atoms with Crippen molar-refractivity contribution in [3.8, 4) is 5.75 Å². The Kier molecular flexibility index (Phi) is 3.45. The van der Waals surface area contributed by atoms with Crippen LogP contribution in [0, 0.1) is 0 Å². The molecule has 2 aromatic rings. The number of hydrogen-bond acceptors (Lipinski definition) is 4. The van der Waals surface area contributed by atoms with Crippen LogP contribution < -0.4 is 10.3 Å². The second kappa shape index (κ2) is 5.03. The van der Waals surface area contributed by atoms with E-state index in [0.717, 1.165) is 0 Å². The van der Waals surface area contributed by atoms with E-state index in [9.17, 15) is 9.59 Å². The first-order chi connectivity index (χ1) is 9.95. The summed E-state index contributed by atoms with van der Waals surface area (Å²) in [6, 6.07) is 2.99. The van der Waals surface area contributed by atoms with Crippen molar-refractivity contribution in [3.05, 3.63) is 37.5 Å². The number of benzene rings is 1. The van der Waals surface area contributed by atoms with E-state index >= 15 is 0 Å². The zero-order valence-electron chi connectivity index (χ0n) is 11.3. The van der Waals surface area contributed by atoms with Gasteiger partial charge in [0.1, 0.15) is 12.2 Å². The smallest absolute Gasteiger partial charge is 0.343 e. The number of nitrogens with zero attached hydrogens (tertiary/aromatic N) is 1. The number of aromatic nitrogens is 1. The van der Waals surface area contributed by atoms with Gasteiger partial charge in [-0.25, -0.2) is 4.79 Å². The van der Waals surface area contributed by atoms with Crippen LogP contribution in [0.25, 0.3) is 10.9 Å². The molecule has 0 spiro atoms. The lowest BCUT2D eigenvalue weighted by atomic mass is 10.1. The highest BCUT2D eigenvalue weighted by atomic mass is 79.9. The van der Waals surface area contributed by atoms with Gasteiger partial charge in [0.15, 0.2) is 5.75 Å². The van der Waals surface area contributed by atoms with E-state index in [1.165, 1.54) is 13.2 Å². The average molecular weight is 373 g/mol. The predicted molar refractivity (Wildman–Crippen MR) is 82.5 cm³/mol. The average Bonchev–Trinajstić information content (AvgIpc) is 2.47. The molecule has 0 unspecified atom stereocenters. The third-order valence-corrected chi connectivity index (χ3v) is 4.80. The van der Waals surface area contributed by atoms with Gasteiger partial charge in [-0.2, -0.15) is 0 Å². The van der Waals surface area contributed by atoms with Gasteiger partial charge in [0.2, 0.25) is 0 Å². The molecule has 110 valence electrons. The molecule has 7 heteroatoms. The van der Waals surface area contributed by atoms with Gasteiger partial charge in [0, 0.05) is 5.39 Å². The molecule has 0 saturated carbocycles. The molecule has 2 heterocycles. The van der Waals surface area contributed by atoms with E-state index in [2.05, 4.69) is 20.7 Å². The highest BCUT2D eigenvalue weighted by Crippen LogP contribution is 2.42. The number of esters is 1. The Labute approximate surface area is 133 Å². The van der Waals surface area contributed by atoms with E-state index in [0.29, 0.717) is 32.8 Å². The standard InChI is InChI=1S/C14H11BrClNO4/c1-6-5-21-12-10(15)9(16)4-7-3-8(14(19)20-2)13(18)17(6)11(7)12/h3-4,6H,5H2,1-2H3/t6-/m0/s1. The van der Waals surface area contributed by atoms with Crippen molar-refractivity contribution in [2.24, 2.45) is 0 Å². The summed E-state index contributed by atoms with van der Waals surface area (Å²) >= 11 is 9.53. The lowest BCUT2D eigenvalue weighted by Crippen LogP contribution is -2.34. The number of carbonyl (C=O) groups is 1. The van der Waals surface area contributed by atoms with Crippen LogP contribution in [-0.4, -0.2) is 24.3 Å². The molecule has 1 aromatic heterocycles. The number of pyridine rings is 1.